The van der Waals surface area contributed by atoms with Gasteiger partial charge in [-0.25, -0.2) is 0 Å². The predicted molar refractivity (Wildman–Crippen MR) is 66.9 cm³/mol. The topological polar surface area (TPSA) is 29.3 Å². The van der Waals surface area contributed by atoms with Crippen molar-refractivity contribution >= 4 is 0 Å². The van der Waals surface area contributed by atoms with Crippen molar-refractivity contribution in [2.45, 2.75) is 45.6 Å². The van der Waals surface area contributed by atoms with Crippen LogP contribution >= 0.6 is 0 Å². The summed E-state index contributed by atoms with van der Waals surface area (Å²) in [6.45, 7) is 11.8. The summed E-state index contributed by atoms with van der Waals surface area (Å²) in [6, 6.07) is 0.470. The Hall–Kier alpha value is -0.340. The predicted octanol–water partition coefficient (Wildman–Crippen LogP) is 2.40. The van der Waals surface area contributed by atoms with E-state index in [1.54, 1.807) is 0 Å². The number of hydrogen-bond donors (Lipinski definition) is 1. The Morgan fingerprint density at radius 1 is 1.33 bits per heavy atom. The lowest BCUT2D eigenvalue weighted by Gasteiger charge is -2.31. The lowest BCUT2D eigenvalue weighted by molar-refractivity contribution is 0.213. The minimum absolute atomic E-state index is 0.470. The van der Waals surface area contributed by atoms with Crippen molar-refractivity contribution < 1.29 is 0 Å². The van der Waals surface area contributed by atoms with Crippen LogP contribution in [0.2, 0.25) is 0 Å². The highest BCUT2D eigenvalue weighted by Gasteiger charge is 2.20. The second-order valence-electron chi connectivity index (χ2n) is 5.07. The Morgan fingerprint density at radius 2 is 1.93 bits per heavy atom. The third-order valence-corrected chi connectivity index (χ3v) is 3.35. The van der Waals surface area contributed by atoms with Crippen molar-refractivity contribution in [3.05, 3.63) is 12.2 Å². The summed E-state index contributed by atoms with van der Waals surface area (Å²) in [5.41, 5.74) is 7.18. The molecule has 0 atom stereocenters. The van der Waals surface area contributed by atoms with E-state index in [1.165, 1.54) is 37.8 Å². The van der Waals surface area contributed by atoms with Gasteiger partial charge in [-0.05, 0) is 45.1 Å². The minimum Gasteiger partial charge on any atom is -0.328 e. The zero-order chi connectivity index (χ0) is 11.3. The second kappa shape index (κ2) is 6.29. The lowest BCUT2D eigenvalue weighted by Crippen LogP contribution is -2.35. The molecule has 2 nitrogen and oxygen atoms in total. The van der Waals surface area contributed by atoms with Crippen LogP contribution in [0.5, 0.6) is 0 Å². The molecule has 1 saturated carbocycles. The van der Waals surface area contributed by atoms with Gasteiger partial charge in [-0.2, -0.15) is 0 Å². The van der Waals surface area contributed by atoms with E-state index < -0.39 is 0 Å². The molecule has 1 aliphatic rings. The van der Waals surface area contributed by atoms with E-state index in [2.05, 4.69) is 25.3 Å². The number of hydrogen-bond acceptors (Lipinski definition) is 2. The number of rotatable bonds is 5. The van der Waals surface area contributed by atoms with Crippen molar-refractivity contribution in [2.24, 2.45) is 11.7 Å². The molecule has 0 bridgehead atoms. The van der Waals surface area contributed by atoms with Gasteiger partial charge < -0.3 is 5.73 Å². The molecule has 0 aliphatic heterocycles. The largest absolute Gasteiger partial charge is 0.328 e. The van der Waals surface area contributed by atoms with Crippen LogP contribution in [0, 0.1) is 5.92 Å². The van der Waals surface area contributed by atoms with Gasteiger partial charge in [0.05, 0.1) is 0 Å². The van der Waals surface area contributed by atoms with E-state index in [1.807, 2.05) is 0 Å². The quantitative estimate of drug-likeness (QED) is 0.706. The Morgan fingerprint density at radius 3 is 2.40 bits per heavy atom. The van der Waals surface area contributed by atoms with Crippen LogP contribution in [0.4, 0.5) is 0 Å². The standard InChI is InChI=1S/C13H26N2/c1-4-15(9-11(2)3)10-12-5-7-13(14)8-6-12/h12-13H,2,4-10,14H2,1,3H3. The molecule has 0 saturated heterocycles. The van der Waals surface area contributed by atoms with Gasteiger partial charge in [0, 0.05) is 19.1 Å². The summed E-state index contributed by atoms with van der Waals surface area (Å²) in [6.07, 6.45) is 5.06. The molecule has 0 aromatic rings. The first-order valence-electron chi connectivity index (χ1n) is 6.24. The maximum atomic E-state index is 5.91. The summed E-state index contributed by atoms with van der Waals surface area (Å²) in [4.78, 5) is 2.50. The Kier molecular flexibility index (Phi) is 5.34. The van der Waals surface area contributed by atoms with Crippen LogP contribution < -0.4 is 5.73 Å². The van der Waals surface area contributed by atoms with Crippen molar-refractivity contribution in [3.8, 4) is 0 Å². The third-order valence-electron chi connectivity index (χ3n) is 3.35. The van der Waals surface area contributed by atoms with E-state index >= 15 is 0 Å². The number of likely N-dealkylation sites (N-methyl/N-ethyl adjacent to an activating group) is 1. The van der Waals surface area contributed by atoms with Crippen LogP contribution in [0.25, 0.3) is 0 Å². The van der Waals surface area contributed by atoms with Crippen LogP contribution in [-0.4, -0.2) is 30.6 Å². The van der Waals surface area contributed by atoms with Crippen LogP contribution in [0.3, 0.4) is 0 Å². The molecule has 1 aliphatic carbocycles. The van der Waals surface area contributed by atoms with E-state index in [4.69, 9.17) is 5.73 Å². The molecule has 0 unspecified atom stereocenters. The number of nitrogens with two attached hydrogens (primary N) is 1. The molecule has 15 heavy (non-hydrogen) atoms. The molecule has 1 rings (SSSR count). The van der Waals surface area contributed by atoms with Crippen LogP contribution in [-0.2, 0) is 0 Å². The van der Waals surface area contributed by atoms with E-state index in [-0.39, 0.29) is 0 Å². The van der Waals surface area contributed by atoms with Gasteiger partial charge in [0.15, 0.2) is 0 Å². The molecule has 0 spiro atoms. The molecule has 0 aromatic carbocycles. The average molecular weight is 210 g/mol. The van der Waals surface area contributed by atoms with Gasteiger partial charge in [-0.15, -0.1) is 0 Å². The summed E-state index contributed by atoms with van der Waals surface area (Å²) >= 11 is 0. The SMILES string of the molecule is C=C(C)CN(CC)CC1CCC(N)CC1. The first-order valence-corrected chi connectivity index (χ1v) is 6.24. The normalized spacial score (nSPS) is 26.9. The highest BCUT2D eigenvalue weighted by Crippen LogP contribution is 2.24. The smallest absolute Gasteiger partial charge is 0.0187 e. The summed E-state index contributed by atoms with van der Waals surface area (Å²) in [5.74, 6) is 0.865. The number of nitrogens with zero attached hydrogens (tertiary/aromatic N) is 1. The fourth-order valence-electron chi connectivity index (χ4n) is 2.42. The average Bonchev–Trinajstić information content (AvgIpc) is 2.19. The third kappa shape index (κ3) is 4.80. The van der Waals surface area contributed by atoms with E-state index in [9.17, 15) is 0 Å². The Balaban J connectivity index is 2.28. The molecular weight excluding hydrogens is 184 g/mol. The Labute approximate surface area is 94.5 Å². The van der Waals surface area contributed by atoms with Crippen molar-refractivity contribution in [3.63, 3.8) is 0 Å². The van der Waals surface area contributed by atoms with Crippen LogP contribution in [0.1, 0.15) is 39.5 Å². The highest BCUT2D eigenvalue weighted by molar-refractivity contribution is 4.92. The van der Waals surface area contributed by atoms with Crippen molar-refractivity contribution in [1.82, 2.24) is 4.90 Å². The fourth-order valence-corrected chi connectivity index (χ4v) is 2.42. The lowest BCUT2D eigenvalue weighted by atomic mass is 9.86. The van der Waals surface area contributed by atoms with Crippen molar-refractivity contribution in [1.29, 1.82) is 0 Å². The van der Waals surface area contributed by atoms with Gasteiger partial charge in [0.25, 0.3) is 0 Å². The zero-order valence-electron chi connectivity index (χ0n) is 10.3. The molecule has 1 fully saturated rings. The maximum Gasteiger partial charge on any atom is 0.0187 e. The van der Waals surface area contributed by atoms with Gasteiger partial charge >= 0.3 is 0 Å². The summed E-state index contributed by atoms with van der Waals surface area (Å²) in [5, 5.41) is 0. The molecular formula is C13H26N2. The van der Waals surface area contributed by atoms with Crippen LogP contribution in [0.15, 0.2) is 12.2 Å². The Bertz CT molecular complexity index is 193. The summed E-state index contributed by atoms with van der Waals surface area (Å²) in [7, 11) is 0. The van der Waals surface area contributed by atoms with Gasteiger partial charge in [0.1, 0.15) is 0 Å². The molecule has 0 heterocycles. The second-order valence-corrected chi connectivity index (χ2v) is 5.07. The molecule has 0 amide bonds. The highest BCUT2D eigenvalue weighted by atomic mass is 15.1. The van der Waals surface area contributed by atoms with E-state index in [0.29, 0.717) is 6.04 Å². The van der Waals surface area contributed by atoms with Gasteiger partial charge in [-0.3, -0.25) is 4.90 Å². The molecule has 2 heteroatoms. The minimum atomic E-state index is 0.470. The first-order chi connectivity index (χ1) is 7.11. The first kappa shape index (κ1) is 12.7. The maximum absolute atomic E-state index is 5.91. The zero-order valence-corrected chi connectivity index (χ0v) is 10.3. The molecule has 0 radical (unpaired) electrons. The molecule has 88 valence electrons. The van der Waals surface area contributed by atoms with Gasteiger partial charge in [-0.1, -0.05) is 19.1 Å². The van der Waals surface area contributed by atoms with E-state index in [0.717, 1.165) is 19.0 Å². The molecule has 0 aromatic heterocycles. The summed E-state index contributed by atoms with van der Waals surface area (Å²) < 4.78 is 0. The van der Waals surface area contributed by atoms with Crippen molar-refractivity contribution in [2.75, 3.05) is 19.6 Å². The molecule has 2 N–H and O–H groups in total. The van der Waals surface area contributed by atoms with Gasteiger partial charge in [0.2, 0.25) is 0 Å². The fraction of sp³-hybridized carbons (Fsp3) is 0.846. The monoisotopic (exact) mass is 210 g/mol.